The molecule has 147 valence electrons. The summed E-state index contributed by atoms with van der Waals surface area (Å²) in [6, 6.07) is 16.0. The fraction of sp³-hybridized carbons (Fsp3) is 0.407. The van der Waals surface area contributed by atoms with Gasteiger partial charge >= 0.3 is 7.48 Å². The second kappa shape index (κ2) is 6.47. The van der Waals surface area contributed by atoms with Gasteiger partial charge in [0.25, 0.3) is 0 Å². The summed E-state index contributed by atoms with van der Waals surface area (Å²) in [7, 11) is 1.97. The summed E-state index contributed by atoms with van der Waals surface area (Å²) in [5.41, 5.74) is 10.2. The van der Waals surface area contributed by atoms with E-state index < -0.39 is 0 Å². The Hall–Kier alpha value is -2.06. The molecule has 0 saturated carbocycles. The molecular formula is C27H30BO. The van der Waals surface area contributed by atoms with Gasteiger partial charge in [0.15, 0.2) is 0 Å². The van der Waals surface area contributed by atoms with Crippen LogP contribution in [0.3, 0.4) is 0 Å². The van der Waals surface area contributed by atoms with Crippen molar-refractivity contribution >= 4 is 12.9 Å². The molecule has 2 aromatic rings. The third kappa shape index (κ3) is 2.87. The molecule has 0 spiro atoms. The van der Waals surface area contributed by atoms with Crippen LogP contribution in [-0.4, -0.2) is 13.1 Å². The summed E-state index contributed by atoms with van der Waals surface area (Å²) >= 11 is 0. The van der Waals surface area contributed by atoms with Crippen molar-refractivity contribution in [2.75, 3.05) is 0 Å². The van der Waals surface area contributed by atoms with E-state index in [0.29, 0.717) is 11.8 Å². The molecule has 2 heteroatoms. The van der Waals surface area contributed by atoms with E-state index >= 15 is 0 Å². The molecule has 4 aliphatic rings. The van der Waals surface area contributed by atoms with Crippen molar-refractivity contribution in [3.8, 4) is 0 Å². The molecule has 29 heavy (non-hydrogen) atoms. The van der Waals surface area contributed by atoms with Crippen LogP contribution in [0.2, 0.25) is 0 Å². The first-order valence-corrected chi connectivity index (χ1v) is 10.9. The van der Waals surface area contributed by atoms with Crippen molar-refractivity contribution < 1.29 is 4.65 Å². The molecule has 2 bridgehead atoms. The Morgan fingerprint density at radius 3 is 2.28 bits per heavy atom. The summed E-state index contributed by atoms with van der Waals surface area (Å²) in [5.74, 6) is 0.786. The largest absolute Gasteiger partial charge is 0.429 e. The molecule has 0 saturated heterocycles. The third-order valence-corrected chi connectivity index (χ3v) is 7.55. The lowest BCUT2D eigenvalue weighted by Gasteiger charge is -2.44. The highest BCUT2D eigenvalue weighted by molar-refractivity contribution is 6.47. The quantitative estimate of drug-likeness (QED) is 0.592. The molecular weight excluding hydrogens is 351 g/mol. The van der Waals surface area contributed by atoms with Crippen molar-refractivity contribution in [1.82, 2.24) is 0 Å². The zero-order chi connectivity index (χ0) is 20.4. The molecule has 2 unspecified atom stereocenters. The minimum Gasteiger partial charge on any atom is -0.429 e. The summed E-state index contributed by atoms with van der Waals surface area (Å²) < 4.78 is 6.28. The Balaban J connectivity index is 1.54. The Bertz CT molecular complexity index is 1030. The van der Waals surface area contributed by atoms with Gasteiger partial charge in [0.1, 0.15) is 0 Å². The molecule has 2 atom stereocenters. The SMILES string of the molecule is CC(C)(C)C(C)(C)O[B]c1ccc2c(c1)C1C3=C(C=CCC3)C2c2ccccc21. The third-order valence-electron chi connectivity index (χ3n) is 7.55. The highest BCUT2D eigenvalue weighted by atomic mass is 16.5. The average Bonchev–Trinajstić information content (AvgIpc) is 2.71. The molecule has 6 rings (SSSR count). The fourth-order valence-electron chi connectivity index (χ4n) is 4.95. The van der Waals surface area contributed by atoms with Gasteiger partial charge in [-0.2, -0.15) is 0 Å². The maximum absolute atomic E-state index is 6.28. The van der Waals surface area contributed by atoms with E-state index in [9.17, 15) is 0 Å². The smallest absolute Gasteiger partial charge is 0.330 e. The van der Waals surface area contributed by atoms with Crippen molar-refractivity contribution in [2.24, 2.45) is 5.41 Å². The van der Waals surface area contributed by atoms with E-state index in [-0.39, 0.29) is 11.0 Å². The average molecular weight is 381 g/mol. The van der Waals surface area contributed by atoms with Crippen LogP contribution in [0.15, 0.2) is 65.8 Å². The predicted octanol–water partition coefficient (Wildman–Crippen LogP) is 6.01. The molecule has 0 aromatic heterocycles. The lowest BCUT2D eigenvalue weighted by Crippen LogP contribution is -2.42. The second-order valence-corrected chi connectivity index (χ2v) is 10.3. The zero-order valence-corrected chi connectivity index (χ0v) is 18.3. The van der Waals surface area contributed by atoms with Gasteiger partial charge in [0, 0.05) is 11.8 Å². The van der Waals surface area contributed by atoms with Gasteiger partial charge in [-0.05, 0) is 59.9 Å². The molecule has 0 amide bonds. The van der Waals surface area contributed by atoms with Gasteiger partial charge in [0.05, 0.1) is 5.60 Å². The lowest BCUT2D eigenvalue weighted by molar-refractivity contribution is 0.00504. The van der Waals surface area contributed by atoms with Gasteiger partial charge < -0.3 is 4.65 Å². The number of rotatable bonds is 3. The van der Waals surface area contributed by atoms with Crippen LogP contribution < -0.4 is 5.46 Å². The molecule has 1 radical (unpaired) electrons. The Kier molecular flexibility index (Phi) is 4.23. The monoisotopic (exact) mass is 381 g/mol. The van der Waals surface area contributed by atoms with Gasteiger partial charge in [-0.1, -0.05) is 86.4 Å². The first-order valence-electron chi connectivity index (χ1n) is 10.9. The minimum atomic E-state index is -0.224. The van der Waals surface area contributed by atoms with Crippen LogP contribution >= 0.6 is 0 Å². The predicted molar refractivity (Wildman–Crippen MR) is 122 cm³/mol. The summed E-state index contributed by atoms with van der Waals surface area (Å²) in [6.07, 6.45) is 7.09. The van der Waals surface area contributed by atoms with E-state index in [0.717, 1.165) is 6.42 Å². The molecule has 4 aliphatic carbocycles. The van der Waals surface area contributed by atoms with Gasteiger partial charge in [-0.3, -0.25) is 0 Å². The second-order valence-electron chi connectivity index (χ2n) is 10.3. The Morgan fingerprint density at radius 1 is 0.862 bits per heavy atom. The molecule has 0 N–H and O–H groups in total. The first-order chi connectivity index (χ1) is 13.8. The van der Waals surface area contributed by atoms with Crippen LogP contribution in [-0.2, 0) is 4.65 Å². The van der Waals surface area contributed by atoms with Crippen molar-refractivity contribution in [1.29, 1.82) is 0 Å². The Morgan fingerprint density at radius 2 is 1.55 bits per heavy atom. The maximum atomic E-state index is 6.28. The van der Waals surface area contributed by atoms with Crippen molar-refractivity contribution in [3.63, 3.8) is 0 Å². The van der Waals surface area contributed by atoms with Crippen LogP contribution in [0.25, 0.3) is 0 Å². The highest BCUT2D eigenvalue weighted by Gasteiger charge is 2.42. The number of allylic oxidation sites excluding steroid dienone is 4. The minimum absolute atomic E-state index is 0.0733. The molecule has 0 heterocycles. The lowest BCUT2D eigenvalue weighted by atomic mass is 9.59. The van der Waals surface area contributed by atoms with Gasteiger partial charge in [-0.15, -0.1) is 0 Å². The van der Waals surface area contributed by atoms with Gasteiger partial charge in [0.2, 0.25) is 0 Å². The molecule has 2 aromatic carbocycles. The van der Waals surface area contributed by atoms with Gasteiger partial charge in [-0.25, -0.2) is 0 Å². The summed E-state index contributed by atoms with van der Waals surface area (Å²) in [6.45, 7) is 11.0. The van der Waals surface area contributed by atoms with E-state index in [4.69, 9.17) is 4.65 Å². The number of benzene rings is 2. The molecule has 0 aliphatic heterocycles. The highest BCUT2D eigenvalue weighted by Crippen LogP contribution is 2.57. The van der Waals surface area contributed by atoms with Crippen LogP contribution in [0.1, 0.15) is 81.5 Å². The fourth-order valence-corrected chi connectivity index (χ4v) is 4.95. The summed E-state index contributed by atoms with van der Waals surface area (Å²) in [4.78, 5) is 0. The van der Waals surface area contributed by atoms with E-state index in [1.807, 2.05) is 7.48 Å². The molecule has 1 nitrogen and oxygen atoms in total. The molecule has 0 fully saturated rings. The standard InChI is InChI=1S/C27H30BO/c1-26(2,3)27(4,5)29-28-17-14-15-22-23(16-17)25-20-12-8-6-10-18(20)24(22)19-11-7-9-13-21(19)25/h6-8,10-12,14-16,24-25H,9,13H2,1-5H3. The first kappa shape index (κ1) is 18.9. The van der Waals surface area contributed by atoms with Crippen molar-refractivity contribution in [2.45, 2.75) is 64.9 Å². The van der Waals surface area contributed by atoms with E-state index in [1.54, 1.807) is 11.1 Å². The Labute approximate surface area is 176 Å². The zero-order valence-electron chi connectivity index (χ0n) is 18.3. The topological polar surface area (TPSA) is 9.23 Å². The maximum Gasteiger partial charge on any atom is 0.330 e. The van der Waals surface area contributed by atoms with E-state index in [2.05, 4.69) is 89.2 Å². The van der Waals surface area contributed by atoms with E-state index in [1.165, 1.54) is 34.1 Å². The van der Waals surface area contributed by atoms with Crippen molar-refractivity contribution in [3.05, 3.63) is 88.0 Å². The number of hydrogen-bond acceptors (Lipinski definition) is 1. The van der Waals surface area contributed by atoms with Crippen LogP contribution in [0.4, 0.5) is 0 Å². The summed E-state index contributed by atoms with van der Waals surface area (Å²) in [5, 5.41) is 0. The number of hydrogen-bond donors (Lipinski definition) is 0. The van der Waals surface area contributed by atoms with Crippen LogP contribution in [0, 0.1) is 5.41 Å². The normalized spacial score (nSPS) is 22.2. The van der Waals surface area contributed by atoms with Crippen LogP contribution in [0.5, 0.6) is 0 Å².